The highest BCUT2D eigenvalue weighted by Gasteiger charge is 2.21. The minimum atomic E-state index is -1.77. The van der Waals surface area contributed by atoms with Crippen LogP contribution in [0.4, 0.5) is 17.1 Å². The number of rotatable bonds is 6. The Morgan fingerprint density at radius 3 is 2.41 bits per heavy atom. The van der Waals surface area contributed by atoms with Gasteiger partial charge in [0, 0.05) is 22.7 Å². The highest BCUT2D eigenvalue weighted by molar-refractivity contribution is 7.85. The van der Waals surface area contributed by atoms with Crippen LogP contribution in [0.25, 0.3) is 0 Å². The van der Waals surface area contributed by atoms with Crippen LogP contribution in [0, 0.1) is 10.1 Å². The van der Waals surface area contributed by atoms with Crippen LogP contribution < -0.4 is 15.8 Å². The SMILES string of the molecule is COc1ccccc1NC(=O)c1c(N)cccc1S(=O)c1ccc([N+](=O)[O-])cc1. The number of carbonyl (C=O) groups excluding carboxylic acids is 1. The van der Waals surface area contributed by atoms with Gasteiger partial charge in [-0.15, -0.1) is 0 Å². The summed E-state index contributed by atoms with van der Waals surface area (Å²) in [6.45, 7) is 0. The average Bonchev–Trinajstić information content (AvgIpc) is 2.73. The lowest BCUT2D eigenvalue weighted by Gasteiger charge is -2.14. The van der Waals surface area contributed by atoms with Crippen LogP contribution in [0.5, 0.6) is 5.75 Å². The van der Waals surface area contributed by atoms with Gasteiger partial charge in [-0.2, -0.15) is 0 Å². The highest BCUT2D eigenvalue weighted by atomic mass is 32.2. The Morgan fingerprint density at radius 2 is 1.76 bits per heavy atom. The van der Waals surface area contributed by atoms with Crippen LogP contribution in [0.3, 0.4) is 0 Å². The number of hydrogen-bond acceptors (Lipinski definition) is 6. The van der Waals surface area contributed by atoms with E-state index >= 15 is 0 Å². The number of nitrogens with zero attached hydrogens (tertiary/aromatic N) is 1. The van der Waals surface area contributed by atoms with Gasteiger partial charge in [-0.1, -0.05) is 18.2 Å². The maximum atomic E-state index is 13.1. The van der Waals surface area contributed by atoms with Gasteiger partial charge in [0.05, 0.1) is 39.0 Å². The highest BCUT2D eigenvalue weighted by Crippen LogP contribution is 2.29. The molecule has 1 unspecified atom stereocenters. The van der Waals surface area contributed by atoms with Gasteiger partial charge in [0.25, 0.3) is 11.6 Å². The van der Waals surface area contributed by atoms with Crippen molar-refractivity contribution in [3.63, 3.8) is 0 Å². The molecule has 0 aliphatic heterocycles. The normalized spacial score (nSPS) is 11.5. The molecule has 0 saturated heterocycles. The number of nitro benzene ring substituents is 1. The Morgan fingerprint density at radius 1 is 1.07 bits per heavy atom. The number of methoxy groups -OCH3 is 1. The number of benzene rings is 3. The molecule has 0 fully saturated rings. The molecule has 1 atom stereocenters. The third-order valence-electron chi connectivity index (χ3n) is 4.10. The van der Waals surface area contributed by atoms with E-state index in [2.05, 4.69) is 5.32 Å². The standard InChI is InChI=1S/C20H17N3O5S/c1-28-17-7-3-2-6-16(17)22-20(24)19-15(21)5-4-8-18(19)29(27)14-11-9-13(10-12-14)23(25)26/h2-12H,21H2,1H3,(H,22,24). The number of nitrogens with one attached hydrogen (secondary N) is 1. The fourth-order valence-electron chi connectivity index (χ4n) is 2.70. The molecule has 3 rings (SSSR count). The summed E-state index contributed by atoms with van der Waals surface area (Å²) in [7, 11) is -0.287. The molecule has 3 N–H and O–H groups in total. The van der Waals surface area contributed by atoms with E-state index < -0.39 is 21.6 Å². The quantitative estimate of drug-likeness (QED) is 0.363. The van der Waals surface area contributed by atoms with Crippen LogP contribution in [0.15, 0.2) is 76.5 Å². The average molecular weight is 411 g/mol. The third-order valence-corrected chi connectivity index (χ3v) is 5.54. The molecule has 0 radical (unpaired) electrons. The molecule has 3 aromatic carbocycles. The van der Waals surface area contributed by atoms with E-state index in [1.54, 1.807) is 30.3 Å². The van der Waals surface area contributed by atoms with E-state index in [4.69, 9.17) is 10.5 Å². The fraction of sp³-hybridized carbons (Fsp3) is 0.0500. The second-order valence-electron chi connectivity index (χ2n) is 5.89. The second-order valence-corrected chi connectivity index (χ2v) is 7.34. The summed E-state index contributed by atoms with van der Waals surface area (Å²) >= 11 is 0. The molecule has 0 spiro atoms. The Kier molecular flexibility index (Phi) is 5.89. The van der Waals surface area contributed by atoms with Gasteiger partial charge in [-0.25, -0.2) is 4.21 Å². The van der Waals surface area contributed by atoms with Gasteiger partial charge in [0.2, 0.25) is 0 Å². The van der Waals surface area contributed by atoms with Crippen LogP contribution in [-0.2, 0) is 10.8 Å². The summed E-state index contributed by atoms with van der Waals surface area (Å²) in [5, 5.41) is 13.5. The van der Waals surface area contributed by atoms with Crippen molar-refractivity contribution >= 4 is 33.8 Å². The first-order valence-electron chi connectivity index (χ1n) is 8.41. The number of para-hydroxylation sites is 2. The number of nitrogens with two attached hydrogens (primary N) is 1. The van der Waals surface area contributed by atoms with Crippen LogP contribution in [0.2, 0.25) is 0 Å². The van der Waals surface area contributed by atoms with Crippen molar-refractivity contribution in [2.24, 2.45) is 0 Å². The zero-order valence-electron chi connectivity index (χ0n) is 15.3. The van der Waals surface area contributed by atoms with Crippen molar-refractivity contribution in [2.75, 3.05) is 18.2 Å². The number of nitro groups is 1. The van der Waals surface area contributed by atoms with Crippen molar-refractivity contribution in [3.8, 4) is 5.75 Å². The minimum absolute atomic E-state index is 0.0649. The van der Waals surface area contributed by atoms with Gasteiger partial charge < -0.3 is 15.8 Å². The van der Waals surface area contributed by atoms with Gasteiger partial charge in [0.1, 0.15) is 5.75 Å². The predicted molar refractivity (Wildman–Crippen MR) is 110 cm³/mol. The molecule has 8 nitrogen and oxygen atoms in total. The molecule has 0 heterocycles. The first-order valence-corrected chi connectivity index (χ1v) is 9.56. The summed E-state index contributed by atoms with van der Waals surface area (Å²) in [5.74, 6) is -0.0775. The van der Waals surface area contributed by atoms with Gasteiger partial charge >= 0.3 is 0 Å². The molecule has 29 heavy (non-hydrogen) atoms. The van der Waals surface area contributed by atoms with E-state index in [1.165, 1.54) is 43.5 Å². The molecule has 0 aliphatic rings. The Bertz CT molecular complexity index is 1100. The van der Waals surface area contributed by atoms with Crippen LogP contribution in [-0.4, -0.2) is 22.1 Å². The zero-order valence-corrected chi connectivity index (χ0v) is 16.1. The van der Waals surface area contributed by atoms with Gasteiger partial charge in [-0.05, 0) is 36.4 Å². The largest absolute Gasteiger partial charge is 0.495 e. The predicted octanol–water partition coefficient (Wildman–Crippen LogP) is 3.60. The van der Waals surface area contributed by atoms with Gasteiger partial charge in [-0.3, -0.25) is 14.9 Å². The van der Waals surface area contributed by atoms with Crippen LogP contribution >= 0.6 is 0 Å². The number of nitrogen functional groups attached to an aromatic ring is 1. The van der Waals surface area contributed by atoms with Crippen molar-refractivity contribution in [1.82, 2.24) is 0 Å². The van der Waals surface area contributed by atoms with E-state index in [1.807, 2.05) is 0 Å². The Balaban J connectivity index is 1.97. The van der Waals surface area contributed by atoms with Gasteiger partial charge in [0.15, 0.2) is 0 Å². The fourth-order valence-corrected chi connectivity index (χ4v) is 3.93. The first-order chi connectivity index (χ1) is 13.9. The number of carbonyl (C=O) groups is 1. The Hall–Kier alpha value is -3.72. The number of amides is 1. The lowest BCUT2D eigenvalue weighted by Crippen LogP contribution is -2.17. The first kappa shape index (κ1) is 20.0. The summed E-state index contributed by atoms with van der Waals surface area (Å²) in [4.78, 5) is 23.7. The minimum Gasteiger partial charge on any atom is -0.495 e. The lowest BCUT2D eigenvalue weighted by atomic mass is 10.1. The van der Waals surface area contributed by atoms with Crippen LogP contribution in [0.1, 0.15) is 10.4 Å². The second kappa shape index (κ2) is 8.53. The van der Waals surface area contributed by atoms with E-state index in [0.717, 1.165) is 0 Å². The molecule has 9 heteroatoms. The number of hydrogen-bond donors (Lipinski definition) is 2. The zero-order chi connectivity index (χ0) is 21.0. The maximum Gasteiger partial charge on any atom is 0.269 e. The summed E-state index contributed by atoms with van der Waals surface area (Å²) in [6, 6.07) is 16.8. The molecule has 0 aliphatic carbocycles. The molecular formula is C20H17N3O5S. The summed E-state index contributed by atoms with van der Waals surface area (Å²) < 4.78 is 18.3. The monoisotopic (exact) mass is 411 g/mol. The third kappa shape index (κ3) is 4.25. The molecule has 0 bridgehead atoms. The van der Waals surface area contributed by atoms with Crippen molar-refractivity contribution in [2.45, 2.75) is 9.79 Å². The van der Waals surface area contributed by atoms with E-state index in [-0.39, 0.29) is 21.8 Å². The molecule has 0 aromatic heterocycles. The van der Waals surface area contributed by atoms with E-state index in [0.29, 0.717) is 16.3 Å². The number of anilines is 2. The number of non-ortho nitro benzene ring substituents is 1. The topological polar surface area (TPSA) is 125 Å². The van der Waals surface area contributed by atoms with Crippen molar-refractivity contribution in [3.05, 3.63) is 82.4 Å². The smallest absolute Gasteiger partial charge is 0.269 e. The number of ether oxygens (including phenoxy) is 1. The molecule has 3 aromatic rings. The maximum absolute atomic E-state index is 13.1. The molecule has 148 valence electrons. The molecule has 0 saturated carbocycles. The molecular weight excluding hydrogens is 394 g/mol. The summed E-state index contributed by atoms with van der Waals surface area (Å²) in [6.07, 6.45) is 0. The van der Waals surface area contributed by atoms with Crippen molar-refractivity contribution < 1.29 is 18.7 Å². The molecule has 1 amide bonds. The van der Waals surface area contributed by atoms with Crippen molar-refractivity contribution in [1.29, 1.82) is 0 Å². The summed E-state index contributed by atoms with van der Waals surface area (Å²) in [5.41, 5.74) is 6.55. The Labute approximate surface area is 168 Å². The van der Waals surface area contributed by atoms with E-state index in [9.17, 15) is 19.1 Å². The lowest BCUT2D eigenvalue weighted by molar-refractivity contribution is -0.384.